The number of hydrogen-bond acceptors (Lipinski definition) is 3. The smallest absolute Gasteiger partial charge is 0.124 e. The highest BCUT2D eigenvalue weighted by molar-refractivity contribution is 5.44. The molecule has 0 saturated heterocycles. The number of nitrogens with zero attached hydrogens (tertiary/aromatic N) is 1. The highest BCUT2D eigenvalue weighted by Gasteiger charge is 2.19. The Balaban J connectivity index is 2.51. The van der Waals surface area contributed by atoms with Crippen molar-refractivity contribution in [1.29, 1.82) is 0 Å². The third kappa shape index (κ3) is 2.99. The van der Waals surface area contributed by atoms with Crippen molar-refractivity contribution in [2.75, 3.05) is 13.7 Å². The molecule has 0 bridgehead atoms. The van der Waals surface area contributed by atoms with Crippen molar-refractivity contribution in [3.8, 4) is 5.75 Å². The van der Waals surface area contributed by atoms with Gasteiger partial charge in [-0.05, 0) is 49.2 Å². The fraction of sp³-hybridized carbons (Fsp3) is 0.353. The largest absolute Gasteiger partial charge is 0.496 e. The molecule has 1 heterocycles. The molecule has 106 valence electrons. The minimum atomic E-state index is 0.101. The van der Waals surface area contributed by atoms with E-state index in [1.165, 1.54) is 16.7 Å². The van der Waals surface area contributed by atoms with Gasteiger partial charge in [0.05, 0.1) is 13.2 Å². The van der Waals surface area contributed by atoms with E-state index in [0.717, 1.165) is 17.9 Å². The molecule has 1 aromatic heterocycles. The van der Waals surface area contributed by atoms with Crippen molar-refractivity contribution >= 4 is 0 Å². The quantitative estimate of drug-likeness (QED) is 0.904. The molecular weight excluding hydrogens is 248 g/mol. The molecule has 0 amide bonds. The Hall–Kier alpha value is -1.87. The van der Waals surface area contributed by atoms with Crippen molar-refractivity contribution in [2.24, 2.45) is 0 Å². The maximum atomic E-state index is 5.55. The van der Waals surface area contributed by atoms with Gasteiger partial charge >= 0.3 is 0 Å². The van der Waals surface area contributed by atoms with Gasteiger partial charge in [0.2, 0.25) is 0 Å². The van der Waals surface area contributed by atoms with E-state index in [2.05, 4.69) is 49.3 Å². The van der Waals surface area contributed by atoms with E-state index in [0.29, 0.717) is 0 Å². The minimum Gasteiger partial charge on any atom is -0.496 e. The molecule has 1 aromatic carbocycles. The van der Waals surface area contributed by atoms with Crippen molar-refractivity contribution in [3.05, 3.63) is 58.9 Å². The van der Waals surface area contributed by atoms with Gasteiger partial charge in [-0.1, -0.05) is 19.1 Å². The number of methoxy groups -OCH3 is 1. The van der Waals surface area contributed by atoms with Crippen LogP contribution in [0.4, 0.5) is 0 Å². The van der Waals surface area contributed by atoms with E-state index in [1.807, 2.05) is 18.5 Å². The molecule has 0 saturated carbocycles. The number of pyridine rings is 1. The third-order valence-electron chi connectivity index (χ3n) is 3.50. The molecule has 3 nitrogen and oxygen atoms in total. The van der Waals surface area contributed by atoms with Gasteiger partial charge in [0.1, 0.15) is 5.75 Å². The van der Waals surface area contributed by atoms with E-state index in [-0.39, 0.29) is 6.04 Å². The van der Waals surface area contributed by atoms with E-state index in [1.54, 1.807) is 7.11 Å². The topological polar surface area (TPSA) is 34.2 Å². The van der Waals surface area contributed by atoms with E-state index in [9.17, 15) is 0 Å². The number of ether oxygens (including phenoxy) is 1. The number of nitrogens with one attached hydrogen (secondary N) is 1. The van der Waals surface area contributed by atoms with Gasteiger partial charge in [0.15, 0.2) is 0 Å². The standard InChI is InChI=1S/C17H22N2O/c1-5-19-17(15-11-18-9-8-13(15)3)14-7-6-12(2)10-16(14)20-4/h6-11,17,19H,5H2,1-4H3. The number of benzene rings is 1. The first-order valence-electron chi connectivity index (χ1n) is 6.95. The van der Waals surface area contributed by atoms with Crippen molar-refractivity contribution in [2.45, 2.75) is 26.8 Å². The van der Waals surface area contributed by atoms with Crippen LogP contribution in [0.2, 0.25) is 0 Å². The van der Waals surface area contributed by atoms with Gasteiger partial charge < -0.3 is 10.1 Å². The van der Waals surface area contributed by atoms with Gasteiger partial charge in [0.25, 0.3) is 0 Å². The highest BCUT2D eigenvalue weighted by Crippen LogP contribution is 2.31. The first kappa shape index (κ1) is 14.5. The lowest BCUT2D eigenvalue weighted by molar-refractivity contribution is 0.404. The first-order chi connectivity index (χ1) is 9.67. The Morgan fingerprint density at radius 3 is 2.65 bits per heavy atom. The molecule has 0 spiro atoms. The molecule has 3 heteroatoms. The summed E-state index contributed by atoms with van der Waals surface area (Å²) in [7, 11) is 1.72. The van der Waals surface area contributed by atoms with Gasteiger partial charge in [-0.2, -0.15) is 0 Å². The summed E-state index contributed by atoms with van der Waals surface area (Å²) < 4.78 is 5.55. The van der Waals surface area contributed by atoms with Gasteiger partial charge in [-0.25, -0.2) is 0 Å². The molecule has 1 N–H and O–H groups in total. The minimum absolute atomic E-state index is 0.101. The summed E-state index contributed by atoms with van der Waals surface area (Å²) in [5.74, 6) is 0.916. The van der Waals surface area contributed by atoms with Gasteiger partial charge in [-0.3, -0.25) is 4.98 Å². The highest BCUT2D eigenvalue weighted by atomic mass is 16.5. The predicted octanol–water partition coefficient (Wildman–Crippen LogP) is 3.41. The number of aryl methyl sites for hydroxylation is 2. The molecule has 20 heavy (non-hydrogen) atoms. The fourth-order valence-electron chi connectivity index (χ4n) is 2.43. The maximum Gasteiger partial charge on any atom is 0.124 e. The summed E-state index contributed by atoms with van der Waals surface area (Å²) in [6.07, 6.45) is 3.76. The second-order valence-corrected chi connectivity index (χ2v) is 4.97. The first-order valence-corrected chi connectivity index (χ1v) is 6.95. The predicted molar refractivity (Wildman–Crippen MR) is 82.2 cm³/mol. The third-order valence-corrected chi connectivity index (χ3v) is 3.50. The Kier molecular flexibility index (Phi) is 4.74. The Morgan fingerprint density at radius 2 is 2.00 bits per heavy atom. The Morgan fingerprint density at radius 1 is 1.20 bits per heavy atom. The summed E-state index contributed by atoms with van der Waals surface area (Å²) in [4.78, 5) is 4.27. The SMILES string of the molecule is CCNC(c1cnccc1C)c1ccc(C)cc1OC. The lowest BCUT2D eigenvalue weighted by atomic mass is 9.95. The number of hydrogen-bond donors (Lipinski definition) is 1. The van der Waals surface area contributed by atoms with Crippen LogP contribution in [-0.2, 0) is 0 Å². The van der Waals surface area contributed by atoms with Gasteiger partial charge in [-0.15, -0.1) is 0 Å². The Labute approximate surface area is 121 Å². The lowest BCUT2D eigenvalue weighted by Crippen LogP contribution is -2.23. The maximum absolute atomic E-state index is 5.55. The summed E-state index contributed by atoms with van der Waals surface area (Å²) in [5.41, 5.74) is 4.77. The van der Waals surface area contributed by atoms with E-state index >= 15 is 0 Å². The van der Waals surface area contributed by atoms with Crippen LogP contribution >= 0.6 is 0 Å². The summed E-state index contributed by atoms with van der Waals surface area (Å²) >= 11 is 0. The lowest BCUT2D eigenvalue weighted by Gasteiger charge is -2.22. The molecule has 0 radical (unpaired) electrons. The Bertz CT molecular complexity index is 581. The van der Waals surface area contributed by atoms with Crippen LogP contribution in [0.25, 0.3) is 0 Å². The summed E-state index contributed by atoms with van der Waals surface area (Å²) in [6, 6.07) is 8.47. The zero-order valence-electron chi connectivity index (χ0n) is 12.6. The van der Waals surface area contributed by atoms with Gasteiger partial charge in [0, 0.05) is 18.0 Å². The molecule has 0 fully saturated rings. The summed E-state index contributed by atoms with van der Waals surface area (Å²) in [6.45, 7) is 7.18. The van der Waals surface area contributed by atoms with Crippen LogP contribution < -0.4 is 10.1 Å². The molecule has 2 aromatic rings. The van der Waals surface area contributed by atoms with E-state index < -0.39 is 0 Å². The molecule has 1 unspecified atom stereocenters. The molecule has 1 atom stereocenters. The zero-order valence-corrected chi connectivity index (χ0v) is 12.6. The fourth-order valence-corrected chi connectivity index (χ4v) is 2.43. The second kappa shape index (κ2) is 6.53. The average molecular weight is 270 g/mol. The van der Waals surface area contributed by atoms with Crippen molar-refractivity contribution in [3.63, 3.8) is 0 Å². The van der Waals surface area contributed by atoms with Crippen LogP contribution in [-0.4, -0.2) is 18.6 Å². The van der Waals surface area contributed by atoms with E-state index in [4.69, 9.17) is 4.74 Å². The second-order valence-electron chi connectivity index (χ2n) is 4.97. The monoisotopic (exact) mass is 270 g/mol. The van der Waals surface area contributed by atoms with Crippen LogP contribution in [0.15, 0.2) is 36.7 Å². The van der Waals surface area contributed by atoms with Crippen LogP contribution in [0, 0.1) is 13.8 Å². The normalized spacial score (nSPS) is 12.2. The summed E-state index contributed by atoms with van der Waals surface area (Å²) in [5, 5.41) is 3.53. The number of rotatable bonds is 5. The molecular formula is C17H22N2O. The number of aromatic nitrogens is 1. The van der Waals surface area contributed by atoms with Crippen molar-refractivity contribution in [1.82, 2.24) is 10.3 Å². The van der Waals surface area contributed by atoms with Crippen LogP contribution in [0.5, 0.6) is 5.75 Å². The average Bonchev–Trinajstić information content (AvgIpc) is 2.46. The zero-order chi connectivity index (χ0) is 14.5. The van der Waals surface area contributed by atoms with Crippen LogP contribution in [0.1, 0.15) is 35.2 Å². The molecule has 2 rings (SSSR count). The molecule has 0 aliphatic carbocycles. The van der Waals surface area contributed by atoms with Crippen molar-refractivity contribution < 1.29 is 4.74 Å². The van der Waals surface area contributed by atoms with Crippen LogP contribution in [0.3, 0.4) is 0 Å². The molecule has 0 aliphatic heterocycles. The molecule has 0 aliphatic rings.